The Morgan fingerprint density at radius 2 is 2.22 bits per heavy atom. The van der Waals surface area contributed by atoms with Crippen LogP contribution in [0.3, 0.4) is 0 Å². The summed E-state index contributed by atoms with van der Waals surface area (Å²) in [5.74, 6) is 5.78. The van der Waals surface area contributed by atoms with Crippen LogP contribution in [0, 0.1) is 0 Å². The number of aryl methyl sites for hydroxylation is 1. The average Bonchev–Trinajstić information content (AvgIpc) is 2.78. The van der Waals surface area contributed by atoms with Crippen molar-refractivity contribution in [3.63, 3.8) is 0 Å². The number of nitrogens with zero attached hydrogens (tertiary/aromatic N) is 2. The van der Waals surface area contributed by atoms with E-state index >= 15 is 0 Å². The van der Waals surface area contributed by atoms with E-state index in [2.05, 4.69) is 10.5 Å². The molecule has 1 saturated carbocycles. The Morgan fingerprint density at radius 1 is 1.50 bits per heavy atom. The third kappa shape index (κ3) is 2.58. The third-order valence-corrected chi connectivity index (χ3v) is 3.85. The van der Waals surface area contributed by atoms with Crippen LogP contribution in [-0.2, 0) is 11.8 Å². The zero-order valence-corrected chi connectivity index (χ0v) is 11.4. The van der Waals surface area contributed by atoms with Crippen LogP contribution in [0.2, 0.25) is 0 Å². The van der Waals surface area contributed by atoms with Gasteiger partial charge < -0.3 is 4.74 Å². The van der Waals surface area contributed by atoms with Gasteiger partial charge in [0.25, 0.3) is 0 Å². The highest BCUT2D eigenvalue weighted by Crippen LogP contribution is 2.40. The summed E-state index contributed by atoms with van der Waals surface area (Å²) in [5, 5.41) is 4.48. The van der Waals surface area contributed by atoms with Crippen molar-refractivity contribution in [1.82, 2.24) is 15.2 Å². The number of aromatic nitrogens is 2. The minimum Gasteiger partial charge on any atom is -0.373 e. The fourth-order valence-corrected chi connectivity index (χ4v) is 3.05. The number of hydrazine groups is 1. The maximum Gasteiger partial charge on any atom is 0.0939 e. The molecule has 1 aliphatic carbocycles. The average molecular weight is 252 g/mol. The molecule has 1 aliphatic rings. The number of nitrogens with two attached hydrogens (primary N) is 1. The Labute approximate surface area is 109 Å². The first-order valence-electron chi connectivity index (χ1n) is 6.81. The van der Waals surface area contributed by atoms with Crippen molar-refractivity contribution in [3.8, 4) is 0 Å². The molecular weight excluding hydrogens is 228 g/mol. The zero-order valence-electron chi connectivity index (χ0n) is 11.4. The van der Waals surface area contributed by atoms with Gasteiger partial charge >= 0.3 is 0 Å². The molecule has 1 aromatic rings. The number of rotatable bonds is 5. The highest BCUT2D eigenvalue weighted by molar-refractivity contribution is 5.12. The summed E-state index contributed by atoms with van der Waals surface area (Å²) >= 11 is 0. The molecule has 0 saturated heterocycles. The predicted molar refractivity (Wildman–Crippen MR) is 70.7 cm³/mol. The van der Waals surface area contributed by atoms with Crippen molar-refractivity contribution in [3.05, 3.63) is 18.0 Å². The molecule has 1 fully saturated rings. The Kier molecular flexibility index (Phi) is 4.37. The van der Waals surface area contributed by atoms with Gasteiger partial charge in [0.2, 0.25) is 0 Å². The van der Waals surface area contributed by atoms with E-state index in [4.69, 9.17) is 10.6 Å². The molecule has 1 atom stereocenters. The van der Waals surface area contributed by atoms with Gasteiger partial charge in [-0.25, -0.2) is 5.43 Å². The number of ether oxygens (including phenoxy) is 1. The van der Waals surface area contributed by atoms with Crippen molar-refractivity contribution in [1.29, 1.82) is 0 Å². The first-order valence-corrected chi connectivity index (χ1v) is 6.81. The molecule has 0 spiro atoms. The summed E-state index contributed by atoms with van der Waals surface area (Å²) in [6.07, 6.45) is 7.73. The van der Waals surface area contributed by atoms with E-state index in [0.717, 1.165) is 18.5 Å². The summed E-state index contributed by atoms with van der Waals surface area (Å²) in [4.78, 5) is 0. The second-order valence-corrected chi connectivity index (χ2v) is 5.07. The standard InChI is InChI=1S/C13H24N4O/c1-3-18-13(8-5-4-6-9-13)12(15-14)11-7-10-17(2)16-11/h7,10,12,15H,3-6,8-9,14H2,1-2H3. The van der Waals surface area contributed by atoms with E-state index in [9.17, 15) is 0 Å². The van der Waals surface area contributed by atoms with Gasteiger partial charge in [-0.1, -0.05) is 19.3 Å². The lowest BCUT2D eigenvalue weighted by atomic mass is 9.78. The SMILES string of the molecule is CCOC1(C(NN)c2ccn(C)n2)CCCCC1. The highest BCUT2D eigenvalue weighted by Gasteiger charge is 2.42. The van der Waals surface area contributed by atoms with E-state index in [1.807, 2.05) is 30.9 Å². The molecule has 18 heavy (non-hydrogen) atoms. The second-order valence-electron chi connectivity index (χ2n) is 5.07. The van der Waals surface area contributed by atoms with Crippen molar-refractivity contribution >= 4 is 0 Å². The second kappa shape index (κ2) is 5.82. The Balaban J connectivity index is 2.26. The highest BCUT2D eigenvalue weighted by atomic mass is 16.5. The van der Waals surface area contributed by atoms with Gasteiger partial charge in [0, 0.05) is 19.9 Å². The maximum atomic E-state index is 6.10. The number of hydrogen-bond donors (Lipinski definition) is 2. The van der Waals surface area contributed by atoms with E-state index in [1.165, 1.54) is 19.3 Å². The Bertz CT molecular complexity index is 365. The van der Waals surface area contributed by atoms with Gasteiger partial charge in [-0.3, -0.25) is 10.5 Å². The normalized spacial score (nSPS) is 20.8. The number of hydrogen-bond acceptors (Lipinski definition) is 4. The summed E-state index contributed by atoms with van der Waals surface area (Å²) in [5.41, 5.74) is 3.70. The van der Waals surface area contributed by atoms with Crippen LogP contribution in [0.1, 0.15) is 50.8 Å². The van der Waals surface area contributed by atoms with E-state index < -0.39 is 0 Å². The van der Waals surface area contributed by atoms with E-state index in [-0.39, 0.29) is 11.6 Å². The van der Waals surface area contributed by atoms with Crippen LogP contribution in [0.15, 0.2) is 12.3 Å². The molecule has 0 radical (unpaired) electrons. The van der Waals surface area contributed by atoms with Gasteiger partial charge in [0.15, 0.2) is 0 Å². The minimum atomic E-state index is -0.198. The lowest BCUT2D eigenvalue weighted by molar-refractivity contribution is -0.0922. The molecule has 1 unspecified atom stereocenters. The molecule has 5 nitrogen and oxygen atoms in total. The van der Waals surface area contributed by atoms with Gasteiger partial charge in [0.1, 0.15) is 0 Å². The molecule has 1 heterocycles. The molecule has 3 N–H and O–H groups in total. The molecule has 5 heteroatoms. The molecule has 2 rings (SSSR count). The molecule has 1 aromatic heterocycles. The molecule has 0 aliphatic heterocycles. The summed E-state index contributed by atoms with van der Waals surface area (Å²) in [7, 11) is 1.92. The Hall–Kier alpha value is -0.910. The van der Waals surface area contributed by atoms with E-state index in [1.54, 1.807) is 0 Å². The molecular formula is C13H24N4O. The predicted octanol–water partition coefficient (Wildman–Crippen LogP) is 1.66. The lowest BCUT2D eigenvalue weighted by Crippen LogP contribution is -2.50. The van der Waals surface area contributed by atoms with Gasteiger partial charge in [-0.15, -0.1) is 0 Å². The van der Waals surface area contributed by atoms with Crippen molar-refractivity contribution in [2.75, 3.05) is 6.61 Å². The molecule has 0 aromatic carbocycles. The van der Waals surface area contributed by atoms with Gasteiger partial charge in [0.05, 0.1) is 17.3 Å². The largest absolute Gasteiger partial charge is 0.373 e. The lowest BCUT2D eigenvalue weighted by Gasteiger charge is -2.42. The van der Waals surface area contributed by atoms with Crippen molar-refractivity contribution < 1.29 is 4.74 Å². The fraction of sp³-hybridized carbons (Fsp3) is 0.769. The fourth-order valence-electron chi connectivity index (χ4n) is 3.05. The van der Waals surface area contributed by atoms with Crippen LogP contribution >= 0.6 is 0 Å². The maximum absolute atomic E-state index is 6.10. The topological polar surface area (TPSA) is 65.1 Å². The van der Waals surface area contributed by atoms with Crippen LogP contribution in [-0.4, -0.2) is 22.0 Å². The molecule has 102 valence electrons. The van der Waals surface area contributed by atoms with E-state index in [0.29, 0.717) is 6.61 Å². The van der Waals surface area contributed by atoms with Crippen LogP contribution in [0.25, 0.3) is 0 Å². The molecule has 0 amide bonds. The van der Waals surface area contributed by atoms with Crippen LogP contribution in [0.5, 0.6) is 0 Å². The first kappa shape index (κ1) is 13.5. The van der Waals surface area contributed by atoms with Crippen molar-refractivity contribution in [2.24, 2.45) is 12.9 Å². The van der Waals surface area contributed by atoms with Crippen LogP contribution < -0.4 is 11.3 Å². The van der Waals surface area contributed by atoms with Gasteiger partial charge in [-0.2, -0.15) is 5.10 Å². The number of nitrogens with one attached hydrogen (secondary N) is 1. The van der Waals surface area contributed by atoms with Crippen LogP contribution in [0.4, 0.5) is 0 Å². The summed E-state index contributed by atoms with van der Waals surface area (Å²) in [6.45, 7) is 2.76. The first-order chi connectivity index (χ1) is 8.72. The minimum absolute atomic E-state index is 0.0288. The smallest absolute Gasteiger partial charge is 0.0939 e. The monoisotopic (exact) mass is 252 g/mol. The molecule has 0 bridgehead atoms. The summed E-state index contributed by atoms with van der Waals surface area (Å²) in [6, 6.07) is 1.99. The third-order valence-electron chi connectivity index (χ3n) is 3.85. The zero-order chi connectivity index (χ0) is 13.0. The van der Waals surface area contributed by atoms with Crippen molar-refractivity contribution in [2.45, 2.75) is 50.7 Å². The Morgan fingerprint density at radius 3 is 2.72 bits per heavy atom. The van der Waals surface area contributed by atoms with Gasteiger partial charge in [-0.05, 0) is 25.8 Å². The quantitative estimate of drug-likeness (QED) is 0.618. The summed E-state index contributed by atoms with van der Waals surface area (Å²) < 4.78 is 7.90.